The molecule has 0 saturated carbocycles. The number of methoxy groups -OCH3 is 2. The van der Waals surface area contributed by atoms with Gasteiger partial charge in [-0.2, -0.15) is 5.10 Å². The zero-order valence-corrected chi connectivity index (χ0v) is 19.6. The lowest BCUT2D eigenvalue weighted by Crippen LogP contribution is -2.48. The van der Waals surface area contributed by atoms with Gasteiger partial charge in [0.25, 0.3) is 5.91 Å². The van der Waals surface area contributed by atoms with E-state index in [1.54, 1.807) is 38.2 Å². The van der Waals surface area contributed by atoms with E-state index >= 15 is 0 Å². The van der Waals surface area contributed by atoms with Crippen molar-refractivity contribution in [3.05, 3.63) is 70.3 Å². The lowest BCUT2D eigenvalue weighted by Gasteiger charge is -2.34. The average molecular weight is 473 g/mol. The fourth-order valence-corrected chi connectivity index (χ4v) is 4.35. The summed E-state index contributed by atoms with van der Waals surface area (Å²) in [5, 5.41) is 4.64. The number of hydrogen-bond acceptors (Lipinski definition) is 5. The number of piperazine rings is 1. The van der Waals surface area contributed by atoms with Crippen LogP contribution in [-0.2, 0) is 6.54 Å². The van der Waals surface area contributed by atoms with E-state index in [1.165, 1.54) is 16.8 Å². The van der Waals surface area contributed by atoms with Crippen LogP contribution < -0.4 is 9.47 Å². The molecule has 33 heavy (non-hydrogen) atoms. The monoisotopic (exact) mass is 472 g/mol. The minimum Gasteiger partial charge on any atom is -0.493 e. The van der Waals surface area contributed by atoms with Gasteiger partial charge >= 0.3 is 0 Å². The molecule has 1 fully saturated rings. The van der Waals surface area contributed by atoms with Gasteiger partial charge in [0, 0.05) is 32.7 Å². The van der Waals surface area contributed by atoms with E-state index in [0.717, 1.165) is 25.2 Å². The molecule has 1 aliphatic heterocycles. The van der Waals surface area contributed by atoms with Crippen molar-refractivity contribution >= 4 is 17.5 Å². The van der Waals surface area contributed by atoms with Gasteiger partial charge < -0.3 is 14.4 Å². The van der Waals surface area contributed by atoms with Gasteiger partial charge in [-0.1, -0.05) is 17.7 Å². The second kappa shape index (κ2) is 9.80. The average Bonchev–Trinajstić information content (AvgIpc) is 3.13. The van der Waals surface area contributed by atoms with E-state index in [-0.39, 0.29) is 16.9 Å². The molecule has 0 bridgehead atoms. The maximum Gasteiger partial charge on any atom is 0.258 e. The third kappa shape index (κ3) is 4.82. The Morgan fingerprint density at radius 1 is 1.03 bits per heavy atom. The Labute approximate surface area is 197 Å². The van der Waals surface area contributed by atoms with Crippen molar-refractivity contribution in [1.82, 2.24) is 19.6 Å². The van der Waals surface area contributed by atoms with Gasteiger partial charge in [0.1, 0.15) is 11.0 Å². The second-order valence-electron chi connectivity index (χ2n) is 7.90. The van der Waals surface area contributed by atoms with Gasteiger partial charge in [-0.05, 0) is 48.9 Å². The minimum absolute atomic E-state index is 0.142. The van der Waals surface area contributed by atoms with Gasteiger partial charge in [-0.15, -0.1) is 0 Å². The highest BCUT2D eigenvalue weighted by atomic mass is 35.5. The van der Waals surface area contributed by atoms with E-state index in [4.69, 9.17) is 21.1 Å². The van der Waals surface area contributed by atoms with E-state index in [0.29, 0.717) is 41.5 Å². The molecule has 7 nitrogen and oxygen atoms in total. The van der Waals surface area contributed by atoms with Crippen LogP contribution in [0.15, 0.2) is 42.5 Å². The third-order valence-electron chi connectivity index (χ3n) is 5.80. The van der Waals surface area contributed by atoms with Crippen LogP contribution in [0.1, 0.15) is 21.6 Å². The van der Waals surface area contributed by atoms with Crippen LogP contribution in [0.2, 0.25) is 5.15 Å². The van der Waals surface area contributed by atoms with Gasteiger partial charge in [0.05, 0.1) is 31.2 Å². The van der Waals surface area contributed by atoms with Gasteiger partial charge in [0.15, 0.2) is 11.5 Å². The van der Waals surface area contributed by atoms with Crippen LogP contribution in [0.5, 0.6) is 11.5 Å². The summed E-state index contributed by atoms with van der Waals surface area (Å²) in [5.74, 6) is 0.912. The molecule has 174 valence electrons. The zero-order valence-electron chi connectivity index (χ0n) is 18.8. The fraction of sp³-hybridized carbons (Fsp3) is 0.333. The largest absolute Gasteiger partial charge is 0.493 e. The first-order chi connectivity index (χ1) is 15.9. The van der Waals surface area contributed by atoms with Gasteiger partial charge in [-0.3, -0.25) is 9.69 Å². The first-order valence-electron chi connectivity index (χ1n) is 10.6. The topological polar surface area (TPSA) is 59.8 Å². The Morgan fingerprint density at radius 2 is 1.70 bits per heavy atom. The Kier molecular flexibility index (Phi) is 6.85. The zero-order chi connectivity index (χ0) is 23.5. The molecule has 0 unspecified atom stereocenters. The summed E-state index contributed by atoms with van der Waals surface area (Å²) in [4.78, 5) is 17.3. The molecule has 0 atom stereocenters. The number of amides is 1. The quantitative estimate of drug-likeness (QED) is 0.543. The highest BCUT2D eigenvalue weighted by Crippen LogP contribution is 2.29. The lowest BCUT2D eigenvalue weighted by molar-refractivity contribution is 0.0628. The van der Waals surface area contributed by atoms with Crippen molar-refractivity contribution in [2.75, 3.05) is 40.4 Å². The Morgan fingerprint density at radius 3 is 2.33 bits per heavy atom. The molecule has 3 aromatic rings. The number of rotatable bonds is 6. The summed E-state index contributed by atoms with van der Waals surface area (Å²) in [6.07, 6.45) is 0. The number of ether oxygens (including phenoxy) is 2. The normalized spacial score (nSPS) is 14.4. The summed E-state index contributed by atoms with van der Waals surface area (Å²) in [5.41, 5.74) is 2.64. The highest BCUT2D eigenvalue weighted by Gasteiger charge is 2.28. The first kappa shape index (κ1) is 23.1. The maximum atomic E-state index is 13.3. The molecule has 4 rings (SSSR count). The molecule has 0 spiro atoms. The maximum absolute atomic E-state index is 13.3. The Balaban J connectivity index is 1.42. The molecule has 9 heteroatoms. The van der Waals surface area contributed by atoms with Crippen molar-refractivity contribution in [3.63, 3.8) is 0 Å². The molecular formula is C24H26ClFN4O3. The summed E-state index contributed by atoms with van der Waals surface area (Å²) in [6.45, 7) is 5.16. The Bertz CT molecular complexity index is 1140. The number of aromatic nitrogens is 2. The van der Waals surface area contributed by atoms with Gasteiger partial charge in [0.2, 0.25) is 0 Å². The van der Waals surface area contributed by atoms with E-state index in [2.05, 4.69) is 10.00 Å². The SMILES string of the molecule is COc1ccc(CN2CCN(C(=O)c3c(C)nn(-c4ccc(F)cc4)c3Cl)CC2)cc1OC. The van der Waals surface area contributed by atoms with E-state index in [1.807, 2.05) is 18.2 Å². The molecule has 1 aliphatic rings. The number of aryl methyl sites for hydroxylation is 1. The van der Waals surface area contributed by atoms with E-state index < -0.39 is 0 Å². The molecule has 0 aliphatic carbocycles. The van der Waals surface area contributed by atoms with Crippen molar-refractivity contribution in [2.45, 2.75) is 13.5 Å². The number of benzene rings is 2. The molecule has 1 aromatic heterocycles. The summed E-state index contributed by atoms with van der Waals surface area (Å²) >= 11 is 6.53. The standard InChI is InChI=1S/C24H26ClFN4O3/c1-16-22(23(25)30(27-16)19-7-5-18(26)6-8-19)24(31)29-12-10-28(11-13-29)15-17-4-9-20(32-2)21(14-17)33-3/h4-9,14H,10-13,15H2,1-3H3. The molecule has 1 saturated heterocycles. The van der Waals surface area contributed by atoms with E-state index in [9.17, 15) is 9.18 Å². The molecule has 2 aromatic carbocycles. The lowest BCUT2D eigenvalue weighted by atomic mass is 10.1. The predicted octanol–water partition coefficient (Wildman–Crippen LogP) is 3.95. The summed E-state index contributed by atoms with van der Waals surface area (Å²) in [7, 11) is 3.24. The number of halogens is 2. The molecule has 0 radical (unpaired) electrons. The van der Waals surface area contributed by atoms with Crippen LogP contribution >= 0.6 is 11.6 Å². The number of carbonyl (C=O) groups excluding carboxylic acids is 1. The molecular weight excluding hydrogens is 447 g/mol. The smallest absolute Gasteiger partial charge is 0.258 e. The van der Waals surface area contributed by atoms with Crippen molar-refractivity contribution in [3.8, 4) is 17.2 Å². The molecule has 2 heterocycles. The van der Waals surface area contributed by atoms with Crippen LogP contribution in [-0.4, -0.2) is 65.9 Å². The summed E-state index contributed by atoms with van der Waals surface area (Å²) < 4.78 is 25.4. The van der Waals surface area contributed by atoms with Crippen molar-refractivity contribution in [2.24, 2.45) is 0 Å². The van der Waals surface area contributed by atoms with Gasteiger partial charge in [-0.25, -0.2) is 9.07 Å². The minimum atomic E-state index is -0.346. The number of carbonyl (C=O) groups is 1. The van der Waals surface area contributed by atoms with Crippen molar-refractivity contribution < 1.29 is 18.7 Å². The fourth-order valence-electron chi connectivity index (χ4n) is 4.00. The molecule has 1 amide bonds. The molecule has 0 N–H and O–H groups in total. The predicted molar refractivity (Wildman–Crippen MR) is 124 cm³/mol. The highest BCUT2D eigenvalue weighted by molar-refractivity contribution is 6.33. The number of nitrogens with zero attached hydrogens (tertiary/aromatic N) is 4. The Hall–Kier alpha value is -3.10. The van der Waals surface area contributed by atoms with Crippen molar-refractivity contribution in [1.29, 1.82) is 0 Å². The second-order valence-corrected chi connectivity index (χ2v) is 8.26. The van der Waals surface area contributed by atoms with Crippen LogP contribution in [0.25, 0.3) is 5.69 Å². The first-order valence-corrected chi connectivity index (χ1v) is 11.0. The summed E-state index contributed by atoms with van der Waals surface area (Å²) in [6, 6.07) is 11.7. The van der Waals surface area contributed by atoms with Crippen LogP contribution in [0, 0.1) is 12.7 Å². The van der Waals surface area contributed by atoms with Crippen LogP contribution in [0.4, 0.5) is 4.39 Å². The third-order valence-corrected chi connectivity index (χ3v) is 6.15. The van der Waals surface area contributed by atoms with Crippen LogP contribution in [0.3, 0.4) is 0 Å². The number of hydrogen-bond donors (Lipinski definition) is 0.